The van der Waals surface area contributed by atoms with Gasteiger partial charge in [-0.15, -0.1) is 0 Å². The highest BCUT2D eigenvalue weighted by Crippen LogP contribution is 2.33. The van der Waals surface area contributed by atoms with Gasteiger partial charge in [0.25, 0.3) is 0 Å². The highest BCUT2D eigenvalue weighted by molar-refractivity contribution is 6.13. The molecule has 0 aliphatic heterocycles. The van der Waals surface area contributed by atoms with Crippen molar-refractivity contribution in [2.45, 2.75) is 31.6 Å². The minimum atomic E-state index is -3.05. The monoisotopic (exact) mass is 360 g/mol. The van der Waals surface area contributed by atoms with E-state index in [2.05, 4.69) is 5.10 Å². The topological polar surface area (TPSA) is 93.9 Å². The van der Waals surface area contributed by atoms with Crippen LogP contribution in [0.3, 0.4) is 0 Å². The van der Waals surface area contributed by atoms with Crippen LogP contribution in [0.2, 0.25) is 0 Å². The minimum absolute atomic E-state index is 0.0369. The first-order valence-electron chi connectivity index (χ1n) is 7.95. The number of ether oxygens (including phenoxy) is 1. The van der Waals surface area contributed by atoms with Crippen molar-refractivity contribution >= 4 is 19.6 Å². The first kappa shape index (κ1) is 19.4. The van der Waals surface area contributed by atoms with Gasteiger partial charge in [0.1, 0.15) is 29.2 Å². The molecule has 0 aliphatic rings. The fourth-order valence-corrected chi connectivity index (χ4v) is 2.51. The molecule has 2 N–H and O–H groups in total. The van der Waals surface area contributed by atoms with Crippen molar-refractivity contribution in [2.24, 2.45) is 0 Å². The van der Waals surface area contributed by atoms with Crippen molar-refractivity contribution in [3.8, 4) is 17.3 Å². The van der Waals surface area contributed by atoms with Crippen molar-refractivity contribution in [2.75, 3.05) is 12.8 Å². The molecule has 0 saturated heterocycles. The predicted octanol–water partition coefficient (Wildman–Crippen LogP) is 2.07. The normalized spacial score (nSPS) is 13.7. The molecule has 2 atom stereocenters. The number of alkyl halides is 2. The number of aromatic nitrogens is 2. The molecular formula is C17H19BF2N4O2. The lowest BCUT2D eigenvalue weighted by atomic mass is 9.92. The molecule has 2 unspecified atom stereocenters. The molecule has 2 rings (SSSR count). The molecule has 0 bridgehead atoms. The summed E-state index contributed by atoms with van der Waals surface area (Å²) in [5, 5.41) is 13.5. The van der Waals surface area contributed by atoms with E-state index in [0.717, 1.165) is 18.1 Å². The van der Waals surface area contributed by atoms with Crippen molar-refractivity contribution in [3.63, 3.8) is 0 Å². The molecule has 0 fully saturated rings. The number of nitrogens with two attached hydrogens (primary N) is 1. The van der Waals surface area contributed by atoms with E-state index in [1.165, 1.54) is 14.0 Å². The van der Waals surface area contributed by atoms with E-state index in [9.17, 15) is 18.8 Å². The molecule has 1 aromatic heterocycles. The SMILES string of the molecule is BC(F)(F)C(C)n1nc(-c2ccc(C(C)C(=O)OC)cc2)c(C#N)c1N. The van der Waals surface area contributed by atoms with Crippen LogP contribution in [0.15, 0.2) is 24.3 Å². The summed E-state index contributed by atoms with van der Waals surface area (Å²) in [6.45, 7) is 2.99. The van der Waals surface area contributed by atoms with Crippen molar-refractivity contribution in [1.82, 2.24) is 9.78 Å². The second kappa shape index (κ2) is 7.16. The van der Waals surface area contributed by atoms with Crippen LogP contribution in [-0.2, 0) is 9.53 Å². The average Bonchev–Trinajstić information content (AvgIpc) is 2.95. The molecule has 0 amide bonds. The summed E-state index contributed by atoms with van der Waals surface area (Å²) >= 11 is 0. The van der Waals surface area contributed by atoms with Gasteiger partial charge in [0.2, 0.25) is 5.82 Å². The van der Waals surface area contributed by atoms with E-state index in [4.69, 9.17) is 10.5 Å². The second-order valence-corrected chi connectivity index (χ2v) is 6.16. The summed E-state index contributed by atoms with van der Waals surface area (Å²) in [5.41, 5.74) is 7.39. The number of esters is 1. The molecule has 1 aromatic carbocycles. The molecular weight excluding hydrogens is 341 g/mol. The van der Waals surface area contributed by atoms with E-state index in [1.54, 1.807) is 31.2 Å². The van der Waals surface area contributed by atoms with E-state index >= 15 is 0 Å². The standard InChI is InChI=1S/C17H19BF2N4O2/c1-9(16(25)26-3)11-4-6-12(7-5-11)14-13(8-21)15(22)24(23-14)10(2)17(18,19)20/h4-7,9-10H,18,22H2,1-3H3. The maximum atomic E-state index is 13.6. The summed E-state index contributed by atoms with van der Waals surface area (Å²) in [6, 6.07) is 7.35. The number of methoxy groups -OCH3 is 1. The number of nitriles is 1. The van der Waals surface area contributed by atoms with Gasteiger partial charge in [0.05, 0.1) is 13.0 Å². The van der Waals surface area contributed by atoms with Crippen LogP contribution in [0, 0.1) is 11.3 Å². The van der Waals surface area contributed by atoms with Gasteiger partial charge in [-0.3, -0.25) is 4.79 Å². The van der Waals surface area contributed by atoms with Crippen LogP contribution in [0.4, 0.5) is 14.6 Å². The fourth-order valence-electron chi connectivity index (χ4n) is 2.51. The third kappa shape index (κ3) is 3.54. The van der Waals surface area contributed by atoms with Gasteiger partial charge < -0.3 is 10.5 Å². The molecule has 0 radical (unpaired) electrons. The van der Waals surface area contributed by atoms with Crippen LogP contribution in [0.5, 0.6) is 0 Å². The number of hydrogen-bond acceptors (Lipinski definition) is 5. The molecule has 26 heavy (non-hydrogen) atoms. The van der Waals surface area contributed by atoms with Gasteiger partial charge in [-0.1, -0.05) is 24.3 Å². The van der Waals surface area contributed by atoms with Crippen molar-refractivity contribution < 1.29 is 18.3 Å². The fraction of sp³-hybridized carbons (Fsp3) is 0.353. The first-order chi connectivity index (χ1) is 12.1. The maximum Gasteiger partial charge on any atom is 0.312 e. The Morgan fingerprint density at radius 1 is 1.38 bits per heavy atom. The molecule has 9 heteroatoms. The highest BCUT2D eigenvalue weighted by atomic mass is 19.3. The number of hydrogen-bond donors (Lipinski definition) is 1. The van der Waals surface area contributed by atoms with Gasteiger partial charge in [-0.25, -0.2) is 13.5 Å². The Kier molecular flexibility index (Phi) is 5.35. The molecule has 1 heterocycles. The van der Waals surface area contributed by atoms with Gasteiger partial charge >= 0.3 is 5.97 Å². The number of nitrogen functional groups attached to an aromatic ring is 1. The zero-order chi connectivity index (χ0) is 19.6. The maximum absolute atomic E-state index is 13.6. The van der Waals surface area contributed by atoms with Crippen LogP contribution in [0.25, 0.3) is 11.3 Å². The van der Waals surface area contributed by atoms with E-state index in [-0.39, 0.29) is 23.0 Å². The molecule has 0 aliphatic carbocycles. The third-order valence-corrected chi connectivity index (χ3v) is 4.40. The third-order valence-electron chi connectivity index (χ3n) is 4.40. The van der Waals surface area contributed by atoms with Gasteiger partial charge in [-0.2, -0.15) is 10.4 Å². The van der Waals surface area contributed by atoms with Gasteiger partial charge in [0, 0.05) is 5.56 Å². The summed E-state index contributed by atoms with van der Waals surface area (Å²) in [5.74, 6) is -3.98. The Bertz CT molecular complexity index is 853. The number of benzene rings is 1. The number of carbonyl (C=O) groups is 1. The first-order valence-corrected chi connectivity index (χ1v) is 7.95. The Hall–Kier alpha value is -2.89. The summed E-state index contributed by atoms with van der Waals surface area (Å²) < 4.78 is 33.0. The Balaban J connectivity index is 2.46. The number of nitrogens with zero attached hydrogens (tertiary/aromatic N) is 3. The molecule has 6 nitrogen and oxygen atoms in total. The van der Waals surface area contributed by atoms with E-state index < -0.39 is 17.8 Å². The van der Waals surface area contributed by atoms with Crippen LogP contribution in [-0.4, -0.2) is 36.5 Å². The van der Waals surface area contributed by atoms with Gasteiger partial charge in [-0.05, 0) is 19.4 Å². The zero-order valence-electron chi connectivity index (χ0n) is 15.0. The van der Waals surface area contributed by atoms with Crippen LogP contribution >= 0.6 is 0 Å². The lowest BCUT2D eigenvalue weighted by molar-refractivity contribution is -0.141. The lowest BCUT2D eigenvalue weighted by Crippen LogP contribution is -2.30. The van der Waals surface area contributed by atoms with Crippen molar-refractivity contribution in [3.05, 3.63) is 35.4 Å². The number of rotatable bonds is 5. The zero-order valence-corrected chi connectivity index (χ0v) is 15.0. The molecule has 136 valence electrons. The minimum Gasteiger partial charge on any atom is -0.469 e. The smallest absolute Gasteiger partial charge is 0.312 e. The number of carbonyl (C=O) groups excluding carboxylic acids is 1. The lowest BCUT2D eigenvalue weighted by Gasteiger charge is -2.21. The average molecular weight is 360 g/mol. The Labute approximate surface area is 151 Å². The summed E-state index contributed by atoms with van der Waals surface area (Å²) in [6.07, 6.45) is 0. The largest absolute Gasteiger partial charge is 0.469 e. The Morgan fingerprint density at radius 3 is 2.42 bits per heavy atom. The van der Waals surface area contributed by atoms with Crippen LogP contribution in [0.1, 0.15) is 36.9 Å². The Morgan fingerprint density at radius 2 is 1.96 bits per heavy atom. The number of halogens is 2. The summed E-state index contributed by atoms with van der Waals surface area (Å²) in [7, 11) is 2.08. The quantitative estimate of drug-likeness (QED) is 0.651. The molecule has 0 saturated carbocycles. The molecule has 0 spiro atoms. The number of anilines is 1. The van der Waals surface area contributed by atoms with Crippen molar-refractivity contribution in [1.29, 1.82) is 5.26 Å². The second-order valence-electron chi connectivity index (χ2n) is 6.16. The van der Waals surface area contributed by atoms with E-state index in [0.29, 0.717) is 5.56 Å². The predicted molar refractivity (Wildman–Crippen MR) is 95.4 cm³/mol. The molecule has 2 aromatic rings. The van der Waals surface area contributed by atoms with Crippen LogP contribution < -0.4 is 5.73 Å². The highest BCUT2D eigenvalue weighted by Gasteiger charge is 2.34. The van der Waals surface area contributed by atoms with Gasteiger partial charge in [0.15, 0.2) is 7.85 Å². The van der Waals surface area contributed by atoms with E-state index in [1.807, 2.05) is 6.07 Å². The summed E-state index contributed by atoms with van der Waals surface area (Å²) in [4.78, 5) is 11.6.